The van der Waals surface area contributed by atoms with E-state index in [-0.39, 0.29) is 5.97 Å². The van der Waals surface area contributed by atoms with Gasteiger partial charge < -0.3 is 4.74 Å². The minimum Gasteiger partial charge on any atom is -0.462 e. The second-order valence-corrected chi connectivity index (χ2v) is 9.58. The van der Waals surface area contributed by atoms with Crippen LogP contribution in [0, 0.1) is 6.92 Å². The Morgan fingerprint density at radius 1 is 1.03 bits per heavy atom. The van der Waals surface area contributed by atoms with Crippen LogP contribution in [0.1, 0.15) is 47.2 Å². The highest BCUT2D eigenvalue weighted by Gasteiger charge is 2.23. The summed E-state index contributed by atoms with van der Waals surface area (Å²) in [5.41, 5.74) is 4.04. The highest BCUT2D eigenvalue weighted by atomic mass is 32.2. The van der Waals surface area contributed by atoms with E-state index in [1.54, 1.807) is 11.8 Å². The number of aryl methyl sites for hydroxylation is 1. The third kappa shape index (κ3) is 4.94. The number of likely N-dealkylation sites (tertiary alicyclic amines) is 1. The minimum absolute atomic E-state index is 0.319. The molecule has 3 heterocycles. The highest BCUT2D eigenvalue weighted by molar-refractivity contribution is 7.98. The predicted molar refractivity (Wildman–Crippen MR) is 138 cm³/mol. The number of carbonyl (C=O) groups excluding carboxylic acids is 1. The average Bonchev–Trinajstić information content (AvgIpc) is 3.53. The lowest BCUT2D eigenvalue weighted by atomic mass is 10.0. The maximum absolute atomic E-state index is 12.9. The summed E-state index contributed by atoms with van der Waals surface area (Å²) in [5.74, 6) is 1.07. The molecular weight excluding hydrogens is 458 g/mol. The Kier molecular flexibility index (Phi) is 7.11. The quantitative estimate of drug-likeness (QED) is 0.250. The molecule has 4 aromatic rings. The Bertz CT molecular complexity index is 1330. The molecule has 0 bridgehead atoms. The summed E-state index contributed by atoms with van der Waals surface area (Å²) in [5, 5.41) is 10.9. The van der Waals surface area contributed by atoms with Crippen LogP contribution in [0.15, 0.2) is 59.8 Å². The number of benzene rings is 2. The molecule has 0 aliphatic carbocycles. The zero-order valence-corrected chi connectivity index (χ0v) is 20.9. The van der Waals surface area contributed by atoms with Crippen molar-refractivity contribution in [2.75, 3.05) is 19.7 Å². The van der Waals surface area contributed by atoms with Gasteiger partial charge in [-0.15, -0.1) is 10.2 Å². The number of thioether (sulfide) groups is 1. The Hall–Kier alpha value is -3.23. The van der Waals surface area contributed by atoms with E-state index in [0.717, 1.165) is 52.8 Å². The lowest BCUT2D eigenvalue weighted by Gasteiger charge is -2.16. The number of hydrogen-bond donors (Lipinski definition) is 0. The number of fused-ring (bicyclic) bond motifs is 1. The summed E-state index contributed by atoms with van der Waals surface area (Å²) in [7, 11) is 0. The second-order valence-electron chi connectivity index (χ2n) is 8.64. The molecule has 1 saturated heterocycles. The summed E-state index contributed by atoms with van der Waals surface area (Å²) in [6, 6.07) is 18.1. The van der Waals surface area contributed by atoms with E-state index in [1.807, 2.05) is 56.3 Å². The summed E-state index contributed by atoms with van der Waals surface area (Å²) in [6.45, 7) is 7.05. The fourth-order valence-electron chi connectivity index (χ4n) is 4.63. The lowest BCUT2D eigenvalue weighted by Crippen LogP contribution is -2.21. The Balaban J connectivity index is 1.50. The molecule has 1 aliphatic heterocycles. The van der Waals surface area contributed by atoms with Crippen molar-refractivity contribution >= 4 is 28.6 Å². The molecule has 0 spiro atoms. The first-order chi connectivity index (χ1) is 17.2. The third-order valence-electron chi connectivity index (χ3n) is 6.32. The number of esters is 1. The first-order valence-corrected chi connectivity index (χ1v) is 13.0. The van der Waals surface area contributed by atoms with Crippen LogP contribution in [0.4, 0.5) is 0 Å². The second kappa shape index (κ2) is 10.6. The van der Waals surface area contributed by atoms with Crippen molar-refractivity contribution in [3.63, 3.8) is 0 Å². The smallest absolute Gasteiger partial charge is 0.340 e. The molecule has 0 radical (unpaired) electrons. The van der Waals surface area contributed by atoms with Gasteiger partial charge in [0.1, 0.15) is 0 Å². The van der Waals surface area contributed by atoms with Crippen LogP contribution in [0.3, 0.4) is 0 Å². The molecule has 7 nitrogen and oxygen atoms in total. The molecule has 0 unspecified atom stereocenters. The van der Waals surface area contributed by atoms with Crippen molar-refractivity contribution in [1.82, 2.24) is 24.6 Å². The van der Waals surface area contributed by atoms with Crippen molar-refractivity contribution in [3.8, 4) is 5.69 Å². The summed E-state index contributed by atoms with van der Waals surface area (Å²) < 4.78 is 7.52. The fraction of sp³-hybridized carbons (Fsp3) is 0.333. The van der Waals surface area contributed by atoms with Gasteiger partial charge in [0.2, 0.25) is 0 Å². The molecule has 0 atom stereocenters. The van der Waals surface area contributed by atoms with E-state index >= 15 is 0 Å². The summed E-state index contributed by atoms with van der Waals surface area (Å²) in [6.07, 6.45) is 2.45. The molecule has 0 N–H and O–H groups in total. The molecule has 35 heavy (non-hydrogen) atoms. The number of carbonyl (C=O) groups is 1. The zero-order valence-electron chi connectivity index (χ0n) is 20.1. The van der Waals surface area contributed by atoms with Gasteiger partial charge in [0, 0.05) is 16.8 Å². The van der Waals surface area contributed by atoms with Gasteiger partial charge in [-0.2, -0.15) is 0 Å². The molecule has 2 aromatic heterocycles. The van der Waals surface area contributed by atoms with Gasteiger partial charge in [-0.1, -0.05) is 48.2 Å². The van der Waals surface area contributed by atoms with Gasteiger partial charge >= 0.3 is 5.97 Å². The molecule has 2 aromatic carbocycles. The highest BCUT2D eigenvalue weighted by Crippen LogP contribution is 2.30. The van der Waals surface area contributed by atoms with Crippen molar-refractivity contribution in [2.45, 2.75) is 44.1 Å². The normalized spacial score (nSPS) is 14.0. The van der Waals surface area contributed by atoms with Crippen LogP contribution < -0.4 is 0 Å². The van der Waals surface area contributed by atoms with Crippen LogP contribution in [-0.4, -0.2) is 50.3 Å². The predicted octanol–water partition coefficient (Wildman–Crippen LogP) is 5.19. The van der Waals surface area contributed by atoms with Crippen molar-refractivity contribution in [2.24, 2.45) is 0 Å². The topological polar surface area (TPSA) is 73.1 Å². The number of aromatic nitrogens is 4. The number of nitrogens with zero attached hydrogens (tertiary/aromatic N) is 5. The lowest BCUT2D eigenvalue weighted by molar-refractivity contribution is 0.0524. The van der Waals surface area contributed by atoms with Crippen molar-refractivity contribution in [3.05, 3.63) is 77.2 Å². The first kappa shape index (κ1) is 23.5. The molecule has 8 heteroatoms. The monoisotopic (exact) mass is 487 g/mol. The number of hydrogen-bond acceptors (Lipinski definition) is 7. The number of rotatable bonds is 8. The molecule has 180 valence electrons. The van der Waals surface area contributed by atoms with E-state index in [2.05, 4.69) is 31.8 Å². The molecule has 0 amide bonds. The molecule has 5 rings (SSSR count). The van der Waals surface area contributed by atoms with E-state index in [4.69, 9.17) is 9.72 Å². The largest absolute Gasteiger partial charge is 0.462 e. The van der Waals surface area contributed by atoms with Crippen LogP contribution in [0.2, 0.25) is 0 Å². The molecular formula is C27H29N5O2S. The summed E-state index contributed by atoms with van der Waals surface area (Å²) >= 11 is 1.54. The molecule has 1 aliphatic rings. The van der Waals surface area contributed by atoms with Crippen molar-refractivity contribution in [1.29, 1.82) is 0 Å². The first-order valence-electron chi connectivity index (χ1n) is 12.1. The number of ether oxygens (including phenoxy) is 1. The van der Waals surface area contributed by atoms with E-state index < -0.39 is 0 Å². The Morgan fingerprint density at radius 2 is 1.77 bits per heavy atom. The maximum Gasteiger partial charge on any atom is 0.340 e. The zero-order chi connectivity index (χ0) is 24.2. The number of para-hydroxylation sites is 2. The Morgan fingerprint density at radius 3 is 2.54 bits per heavy atom. The van der Waals surface area contributed by atoms with E-state index in [0.29, 0.717) is 23.6 Å². The standard InChI is InChI=1S/C27H29N5O2S/c1-3-34-26(33)25-19(2)21-13-7-8-14-22(21)28-23(25)18-35-27-30-29-24(17-31-15-9-10-16-31)32(27)20-11-5-4-6-12-20/h4-8,11-14H,3,9-10,15-18H2,1-2H3. The van der Waals surface area contributed by atoms with E-state index in [9.17, 15) is 4.79 Å². The third-order valence-corrected chi connectivity index (χ3v) is 7.26. The fourth-order valence-corrected chi connectivity index (χ4v) is 5.54. The Labute approximate surface area is 209 Å². The molecule has 0 saturated carbocycles. The molecule has 1 fully saturated rings. The van der Waals surface area contributed by atoms with Gasteiger partial charge in [0.15, 0.2) is 11.0 Å². The number of pyridine rings is 1. The minimum atomic E-state index is -0.335. The maximum atomic E-state index is 12.9. The van der Waals surface area contributed by atoms with Gasteiger partial charge in [-0.05, 0) is 63.5 Å². The van der Waals surface area contributed by atoms with Crippen LogP contribution >= 0.6 is 11.8 Å². The van der Waals surface area contributed by atoms with Gasteiger partial charge in [0.05, 0.1) is 29.9 Å². The summed E-state index contributed by atoms with van der Waals surface area (Å²) in [4.78, 5) is 20.2. The SMILES string of the molecule is CCOC(=O)c1c(CSc2nnc(CN3CCCC3)n2-c2ccccc2)nc2ccccc2c1C. The van der Waals surface area contributed by atoms with Gasteiger partial charge in [-0.25, -0.2) is 4.79 Å². The van der Waals surface area contributed by atoms with Gasteiger partial charge in [-0.3, -0.25) is 14.5 Å². The van der Waals surface area contributed by atoms with Crippen LogP contribution in [0.25, 0.3) is 16.6 Å². The van der Waals surface area contributed by atoms with E-state index in [1.165, 1.54) is 12.8 Å². The van der Waals surface area contributed by atoms with Crippen LogP contribution in [0.5, 0.6) is 0 Å². The van der Waals surface area contributed by atoms with Crippen LogP contribution in [-0.2, 0) is 17.0 Å². The van der Waals surface area contributed by atoms with Gasteiger partial charge in [0.25, 0.3) is 0 Å². The van der Waals surface area contributed by atoms with Crippen molar-refractivity contribution < 1.29 is 9.53 Å². The average molecular weight is 488 g/mol.